The maximum Gasteiger partial charge on any atom is 0.253 e. The second-order valence-corrected chi connectivity index (χ2v) is 5.03. The Hall–Kier alpha value is -1.56. The Morgan fingerprint density at radius 3 is 2.61 bits per heavy atom. The molecular weight excluding hydrogens is 248 g/mol. The topological polar surface area (TPSA) is 80.9 Å². The van der Waals surface area contributed by atoms with Crippen LogP contribution in [0.3, 0.4) is 0 Å². The molecule has 0 unspecified atom stereocenters. The Labute approximate surface area is 111 Å². The summed E-state index contributed by atoms with van der Waals surface area (Å²) in [5, 5.41) is 10.3. The molecule has 1 aromatic rings. The molecular formula is C12H16N4OS. The summed E-state index contributed by atoms with van der Waals surface area (Å²) < 4.78 is 0. The number of thiocarbonyl (C=S) groups is 1. The summed E-state index contributed by atoms with van der Waals surface area (Å²) in [6.07, 6.45) is 7.78. The summed E-state index contributed by atoms with van der Waals surface area (Å²) in [6, 6.07) is 1.62. The molecule has 1 heterocycles. The van der Waals surface area contributed by atoms with Gasteiger partial charge in [0, 0.05) is 0 Å². The Morgan fingerprint density at radius 2 is 2.06 bits per heavy atom. The third-order valence-electron chi connectivity index (χ3n) is 3.38. The zero-order valence-corrected chi connectivity index (χ0v) is 10.9. The zero-order valence-electron chi connectivity index (χ0n) is 10.1. The fourth-order valence-corrected chi connectivity index (χ4v) is 2.56. The van der Waals surface area contributed by atoms with E-state index in [-0.39, 0.29) is 5.91 Å². The summed E-state index contributed by atoms with van der Waals surface area (Å²) in [5.41, 5.74) is 5.76. The van der Waals surface area contributed by atoms with Crippen LogP contribution in [0.1, 0.15) is 42.5 Å². The van der Waals surface area contributed by atoms with Crippen molar-refractivity contribution in [1.29, 1.82) is 0 Å². The highest BCUT2D eigenvalue weighted by Gasteiger charge is 2.36. The number of carbonyl (C=O) groups is 1. The minimum Gasteiger partial charge on any atom is -0.391 e. The van der Waals surface area contributed by atoms with E-state index in [1.54, 1.807) is 6.07 Å². The molecule has 0 aromatic carbocycles. The fraction of sp³-hybridized carbons (Fsp3) is 0.500. The van der Waals surface area contributed by atoms with Crippen LogP contribution in [0.25, 0.3) is 0 Å². The predicted octanol–water partition coefficient (Wildman–Crippen LogP) is 1.20. The van der Waals surface area contributed by atoms with Crippen LogP contribution < -0.4 is 11.1 Å². The number of rotatable bonds is 3. The van der Waals surface area contributed by atoms with Gasteiger partial charge in [-0.15, -0.1) is 0 Å². The molecule has 0 atom stereocenters. The molecule has 1 aromatic heterocycles. The Bertz CT molecular complexity index is 443. The lowest BCUT2D eigenvalue weighted by Gasteiger charge is -2.37. The highest BCUT2D eigenvalue weighted by atomic mass is 32.1. The lowest BCUT2D eigenvalue weighted by atomic mass is 9.81. The van der Waals surface area contributed by atoms with E-state index in [0.29, 0.717) is 10.6 Å². The number of carbonyl (C=O) groups excluding carboxylic acids is 1. The SMILES string of the molecule is NC(=S)C1(NC(=O)c2ccnnc2)CCCCC1. The maximum atomic E-state index is 12.1. The number of nitrogens with two attached hydrogens (primary N) is 1. The molecule has 6 heteroatoms. The quantitative estimate of drug-likeness (QED) is 0.802. The Balaban J connectivity index is 2.15. The lowest BCUT2D eigenvalue weighted by molar-refractivity contribution is 0.0908. The smallest absolute Gasteiger partial charge is 0.253 e. The number of hydrogen-bond donors (Lipinski definition) is 2. The first-order valence-corrected chi connectivity index (χ1v) is 6.44. The van der Waals surface area contributed by atoms with Crippen LogP contribution in [0.5, 0.6) is 0 Å². The number of nitrogens with zero attached hydrogens (tertiary/aromatic N) is 2. The minimum atomic E-state index is -0.534. The molecule has 1 amide bonds. The number of amides is 1. The van der Waals surface area contributed by atoms with Gasteiger partial charge < -0.3 is 11.1 Å². The van der Waals surface area contributed by atoms with Gasteiger partial charge in [0.25, 0.3) is 5.91 Å². The van der Waals surface area contributed by atoms with Gasteiger partial charge in [-0.2, -0.15) is 10.2 Å². The Kier molecular flexibility index (Phi) is 3.86. The molecule has 18 heavy (non-hydrogen) atoms. The summed E-state index contributed by atoms with van der Waals surface area (Å²) in [6.45, 7) is 0. The van der Waals surface area contributed by atoms with E-state index >= 15 is 0 Å². The van der Waals surface area contributed by atoms with Crippen LogP contribution in [-0.2, 0) is 0 Å². The molecule has 96 valence electrons. The highest BCUT2D eigenvalue weighted by Crippen LogP contribution is 2.28. The van der Waals surface area contributed by atoms with Gasteiger partial charge in [0.05, 0.1) is 28.5 Å². The first-order valence-electron chi connectivity index (χ1n) is 6.03. The zero-order chi connectivity index (χ0) is 13.0. The van der Waals surface area contributed by atoms with Gasteiger partial charge in [-0.3, -0.25) is 4.79 Å². The first kappa shape index (κ1) is 12.9. The molecule has 0 aliphatic heterocycles. The van der Waals surface area contributed by atoms with Gasteiger partial charge >= 0.3 is 0 Å². The number of hydrogen-bond acceptors (Lipinski definition) is 4. The molecule has 1 aliphatic carbocycles. The van der Waals surface area contributed by atoms with E-state index in [1.165, 1.54) is 12.4 Å². The van der Waals surface area contributed by atoms with Crippen molar-refractivity contribution in [2.45, 2.75) is 37.6 Å². The molecule has 3 N–H and O–H groups in total. The van der Waals surface area contributed by atoms with Crippen molar-refractivity contribution in [3.05, 3.63) is 24.0 Å². The second-order valence-electron chi connectivity index (χ2n) is 4.59. The third kappa shape index (κ3) is 2.64. The molecule has 2 rings (SSSR count). The largest absolute Gasteiger partial charge is 0.391 e. The molecule has 5 nitrogen and oxygen atoms in total. The molecule has 0 bridgehead atoms. The number of nitrogens with one attached hydrogen (secondary N) is 1. The Morgan fingerprint density at radius 1 is 1.33 bits per heavy atom. The van der Waals surface area contributed by atoms with Gasteiger partial charge in [0.2, 0.25) is 0 Å². The molecule has 0 saturated heterocycles. The molecule has 0 spiro atoms. The van der Waals surface area contributed by atoms with Crippen molar-refractivity contribution < 1.29 is 4.79 Å². The standard InChI is InChI=1S/C12H16N4OS/c13-11(18)12(5-2-1-3-6-12)16-10(17)9-4-7-14-15-8-9/h4,7-8H,1-3,5-6H2,(H2,13,18)(H,16,17). The summed E-state index contributed by atoms with van der Waals surface area (Å²) in [7, 11) is 0. The van der Waals surface area contributed by atoms with Crippen molar-refractivity contribution in [2.24, 2.45) is 5.73 Å². The monoisotopic (exact) mass is 264 g/mol. The third-order valence-corrected chi connectivity index (χ3v) is 3.77. The van der Waals surface area contributed by atoms with Crippen LogP contribution in [0.4, 0.5) is 0 Å². The van der Waals surface area contributed by atoms with Crippen LogP contribution in [0.15, 0.2) is 18.5 Å². The van der Waals surface area contributed by atoms with E-state index in [1.807, 2.05) is 0 Å². The van der Waals surface area contributed by atoms with E-state index in [9.17, 15) is 4.79 Å². The van der Waals surface area contributed by atoms with Gasteiger partial charge in [0.1, 0.15) is 0 Å². The van der Waals surface area contributed by atoms with Gasteiger partial charge in [-0.25, -0.2) is 0 Å². The number of aromatic nitrogens is 2. The predicted molar refractivity (Wildman–Crippen MR) is 72.1 cm³/mol. The van der Waals surface area contributed by atoms with Crippen molar-refractivity contribution >= 4 is 23.1 Å². The maximum absolute atomic E-state index is 12.1. The van der Waals surface area contributed by atoms with Crippen molar-refractivity contribution in [2.75, 3.05) is 0 Å². The average Bonchev–Trinajstić information content (AvgIpc) is 2.40. The molecule has 0 radical (unpaired) electrons. The molecule has 1 aliphatic rings. The van der Waals surface area contributed by atoms with Crippen LogP contribution in [0.2, 0.25) is 0 Å². The van der Waals surface area contributed by atoms with Crippen LogP contribution in [-0.4, -0.2) is 26.6 Å². The summed E-state index contributed by atoms with van der Waals surface area (Å²) in [4.78, 5) is 12.5. The summed E-state index contributed by atoms with van der Waals surface area (Å²) in [5.74, 6) is -0.195. The molecule has 1 fully saturated rings. The van der Waals surface area contributed by atoms with Crippen LogP contribution >= 0.6 is 12.2 Å². The van der Waals surface area contributed by atoms with Crippen LogP contribution in [0, 0.1) is 0 Å². The van der Waals surface area contributed by atoms with Gasteiger partial charge in [-0.1, -0.05) is 31.5 Å². The second kappa shape index (κ2) is 5.39. The van der Waals surface area contributed by atoms with Crippen molar-refractivity contribution in [3.63, 3.8) is 0 Å². The van der Waals surface area contributed by atoms with Gasteiger partial charge in [-0.05, 0) is 18.9 Å². The minimum absolute atomic E-state index is 0.195. The van der Waals surface area contributed by atoms with Crippen molar-refractivity contribution in [1.82, 2.24) is 15.5 Å². The highest BCUT2D eigenvalue weighted by molar-refractivity contribution is 7.80. The van der Waals surface area contributed by atoms with Gasteiger partial charge in [0.15, 0.2) is 0 Å². The summed E-state index contributed by atoms with van der Waals surface area (Å²) >= 11 is 5.13. The molecule has 1 saturated carbocycles. The first-order chi connectivity index (χ1) is 8.64. The van der Waals surface area contributed by atoms with E-state index in [0.717, 1.165) is 32.1 Å². The lowest BCUT2D eigenvalue weighted by Crippen LogP contribution is -2.57. The van der Waals surface area contributed by atoms with Crippen molar-refractivity contribution in [3.8, 4) is 0 Å². The normalized spacial score (nSPS) is 18.0. The average molecular weight is 264 g/mol. The van der Waals surface area contributed by atoms with E-state index in [2.05, 4.69) is 15.5 Å². The van der Waals surface area contributed by atoms with E-state index < -0.39 is 5.54 Å². The van der Waals surface area contributed by atoms with E-state index in [4.69, 9.17) is 18.0 Å². The fourth-order valence-electron chi connectivity index (χ4n) is 2.30.